The Balaban J connectivity index is 1.63. The van der Waals surface area contributed by atoms with E-state index in [-0.39, 0.29) is 6.04 Å². The molecule has 2 N–H and O–H groups in total. The van der Waals surface area contributed by atoms with Crippen molar-refractivity contribution in [2.75, 3.05) is 38.5 Å². The van der Waals surface area contributed by atoms with Gasteiger partial charge in [0.1, 0.15) is 4.88 Å². The first-order chi connectivity index (χ1) is 9.31. The van der Waals surface area contributed by atoms with Crippen LogP contribution < -0.4 is 5.73 Å². The van der Waals surface area contributed by atoms with Gasteiger partial charge in [-0.15, -0.1) is 11.3 Å². The molecule has 5 rings (SSSR count). The van der Waals surface area contributed by atoms with Crippen molar-refractivity contribution in [3.05, 3.63) is 17.3 Å². The average molecular weight is 277 g/mol. The monoisotopic (exact) mass is 277 g/mol. The third-order valence-electron chi connectivity index (χ3n) is 3.91. The number of nitrogens with two attached hydrogens (primary N) is 1. The molecular formula is C12H15N5OS. The third-order valence-corrected chi connectivity index (χ3v) is 4.83. The standard InChI is InChI=1S/C12H15N5OS/c13-8-1-6-19-10(8)12-14-11(15-18-12)9-7-16-2-4-17(9)5-3-16/h1,6,9H,2-5,7,13H2. The van der Waals surface area contributed by atoms with Crippen molar-refractivity contribution < 1.29 is 4.52 Å². The number of aromatic nitrogens is 2. The number of piperazine rings is 3. The molecule has 0 radical (unpaired) electrons. The second kappa shape index (κ2) is 4.29. The second-order valence-electron chi connectivity index (χ2n) is 5.02. The van der Waals surface area contributed by atoms with E-state index in [0.29, 0.717) is 11.6 Å². The van der Waals surface area contributed by atoms with Crippen molar-refractivity contribution in [1.29, 1.82) is 0 Å². The number of hydrogen-bond acceptors (Lipinski definition) is 7. The van der Waals surface area contributed by atoms with E-state index in [0.717, 1.165) is 43.4 Å². The van der Waals surface area contributed by atoms with E-state index >= 15 is 0 Å². The smallest absolute Gasteiger partial charge is 0.270 e. The molecule has 0 aromatic carbocycles. The van der Waals surface area contributed by atoms with Crippen LogP contribution in [0.3, 0.4) is 0 Å². The number of fused-ring (bicyclic) bond motifs is 3. The van der Waals surface area contributed by atoms with Crippen molar-refractivity contribution >= 4 is 17.0 Å². The van der Waals surface area contributed by atoms with E-state index in [1.807, 2.05) is 11.4 Å². The second-order valence-corrected chi connectivity index (χ2v) is 5.93. The maximum absolute atomic E-state index is 5.88. The van der Waals surface area contributed by atoms with Crippen LogP contribution in [0, 0.1) is 0 Å². The predicted molar refractivity (Wildman–Crippen MR) is 72.8 cm³/mol. The van der Waals surface area contributed by atoms with Crippen LogP contribution >= 0.6 is 11.3 Å². The highest BCUT2D eigenvalue weighted by Crippen LogP contribution is 2.32. The maximum atomic E-state index is 5.88. The van der Waals surface area contributed by atoms with Gasteiger partial charge < -0.3 is 10.3 Å². The van der Waals surface area contributed by atoms with Crippen molar-refractivity contribution in [2.24, 2.45) is 0 Å². The van der Waals surface area contributed by atoms with Gasteiger partial charge in [-0.2, -0.15) is 4.98 Å². The minimum absolute atomic E-state index is 0.265. The molecule has 7 heteroatoms. The molecule has 2 bridgehead atoms. The maximum Gasteiger partial charge on any atom is 0.270 e. The first kappa shape index (κ1) is 11.4. The summed E-state index contributed by atoms with van der Waals surface area (Å²) in [6.45, 7) is 5.49. The zero-order valence-corrected chi connectivity index (χ0v) is 11.3. The molecule has 1 atom stereocenters. The van der Waals surface area contributed by atoms with Gasteiger partial charge in [-0.3, -0.25) is 9.80 Å². The van der Waals surface area contributed by atoms with Crippen molar-refractivity contribution in [1.82, 2.24) is 19.9 Å². The van der Waals surface area contributed by atoms with Crippen LogP contribution in [-0.4, -0.2) is 52.7 Å². The van der Waals surface area contributed by atoms with Crippen molar-refractivity contribution in [3.63, 3.8) is 0 Å². The number of anilines is 1. The minimum Gasteiger partial charge on any atom is -0.397 e. The largest absolute Gasteiger partial charge is 0.397 e. The van der Waals surface area contributed by atoms with E-state index in [1.165, 1.54) is 11.3 Å². The van der Waals surface area contributed by atoms with Crippen LogP contribution in [0.4, 0.5) is 5.69 Å². The highest BCUT2D eigenvalue weighted by atomic mass is 32.1. The SMILES string of the molecule is Nc1ccsc1-c1nc(C2CN3CCN2CC3)no1. The van der Waals surface area contributed by atoms with Crippen molar-refractivity contribution in [2.45, 2.75) is 6.04 Å². The summed E-state index contributed by atoms with van der Waals surface area (Å²) in [5.74, 6) is 1.33. The van der Waals surface area contributed by atoms with Crippen LogP contribution in [0.25, 0.3) is 10.8 Å². The van der Waals surface area contributed by atoms with Gasteiger partial charge in [0.2, 0.25) is 0 Å². The zero-order valence-electron chi connectivity index (χ0n) is 10.5. The molecule has 2 aromatic rings. The predicted octanol–water partition coefficient (Wildman–Crippen LogP) is 1.05. The highest BCUT2D eigenvalue weighted by Gasteiger charge is 2.35. The molecular weight excluding hydrogens is 262 g/mol. The number of hydrogen-bond donors (Lipinski definition) is 1. The first-order valence-electron chi connectivity index (χ1n) is 6.44. The molecule has 6 nitrogen and oxygen atoms in total. The topological polar surface area (TPSA) is 71.4 Å². The van der Waals surface area contributed by atoms with Crippen LogP contribution in [0.1, 0.15) is 11.9 Å². The van der Waals surface area contributed by atoms with Crippen LogP contribution in [0.15, 0.2) is 16.0 Å². The molecule has 0 spiro atoms. The lowest BCUT2D eigenvalue weighted by atomic mass is 10.1. The van der Waals surface area contributed by atoms with Gasteiger partial charge in [0.25, 0.3) is 5.89 Å². The summed E-state index contributed by atoms with van der Waals surface area (Å²) in [7, 11) is 0. The first-order valence-corrected chi connectivity index (χ1v) is 7.32. The Hall–Kier alpha value is -1.44. The summed E-state index contributed by atoms with van der Waals surface area (Å²) in [6.07, 6.45) is 0. The van der Waals surface area contributed by atoms with Gasteiger partial charge in [0, 0.05) is 32.7 Å². The molecule has 3 saturated heterocycles. The molecule has 2 aromatic heterocycles. The number of nitrogen functional groups attached to an aromatic ring is 1. The van der Waals surface area contributed by atoms with Gasteiger partial charge in [-0.05, 0) is 11.4 Å². The van der Waals surface area contributed by atoms with E-state index in [1.54, 1.807) is 0 Å². The molecule has 3 aliphatic rings. The minimum atomic E-state index is 0.265. The van der Waals surface area contributed by atoms with E-state index < -0.39 is 0 Å². The van der Waals surface area contributed by atoms with E-state index in [2.05, 4.69) is 19.9 Å². The fraction of sp³-hybridized carbons (Fsp3) is 0.500. The van der Waals surface area contributed by atoms with Gasteiger partial charge in [-0.25, -0.2) is 0 Å². The molecule has 100 valence electrons. The Bertz CT molecular complexity index is 586. The summed E-state index contributed by atoms with van der Waals surface area (Å²) in [5, 5.41) is 6.09. The molecule has 1 unspecified atom stereocenters. The lowest BCUT2D eigenvalue weighted by Crippen LogP contribution is -2.57. The van der Waals surface area contributed by atoms with E-state index in [9.17, 15) is 0 Å². The molecule has 5 heterocycles. The summed E-state index contributed by atoms with van der Waals surface area (Å²) >= 11 is 1.53. The Labute approximate surface area is 114 Å². The summed E-state index contributed by atoms with van der Waals surface area (Å²) < 4.78 is 5.37. The average Bonchev–Trinajstić information content (AvgIpc) is 3.08. The van der Waals surface area contributed by atoms with Gasteiger partial charge in [-0.1, -0.05) is 5.16 Å². The third kappa shape index (κ3) is 1.85. The van der Waals surface area contributed by atoms with Gasteiger partial charge >= 0.3 is 0 Å². The molecule has 3 aliphatic heterocycles. The summed E-state index contributed by atoms with van der Waals surface area (Å²) in [5.41, 5.74) is 6.59. The quantitative estimate of drug-likeness (QED) is 0.885. The van der Waals surface area contributed by atoms with Gasteiger partial charge in [0.15, 0.2) is 5.82 Å². The Morgan fingerprint density at radius 2 is 2.16 bits per heavy atom. The molecule has 0 saturated carbocycles. The Morgan fingerprint density at radius 3 is 2.79 bits per heavy atom. The van der Waals surface area contributed by atoms with Gasteiger partial charge in [0.05, 0.1) is 11.7 Å². The zero-order chi connectivity index (χ0) is 12.8. The Kier molecular flexibility index (Phi) is 2.57. The summed E-state index contributed by atoms with van der Waals surface area (Å²) in [6, 6.07) is 2.13. The van der Waals surface area contributed by atoms with Crippen LogP contribution in [0.2, 0.25) is 0 Å². The normalized spacial score (nSPS) is 29.8. The summed E-state index contributed by atoms with van der Waals surface area (Å²) in [4.78, 5) is 10.3. The molecule has 0 aliphatic carbocycles. The lowest BCUT2D eigenvalue weighted by Gasteiger charge is -2.46. The number of nitrogens with zero attached hydrogens (tertiary/aromatic N) is 4. The number of rotatable bonds is 2. The Morgan fingerprint density at radius 1 is 1.32 bits per heavy atom. The van der Waals surface area contributed by atoms with E-state index in [4.69, 9.17) is 10.3 Å². The lowest BCUT2D eigenvalue weighted by molar-refractivity contribution is 0.00781. The molecule has 0 amide bonds. The van der Waals surface area contributed by atoms with Crippen molar-refractivity contribution in [3.8, 4) is 10.8 Å². The molecule has 3 fully saturated rings. The highest BCUT2D eigenvalue weighted by molar-refractivity contribution is 7.14. The van der Waals surface area contributed by atoms with Crippen LogP contribution in [-0.2, 0) is 0 Å². The fourth-order valence-electron chi connectivity index (χ4n) is 2.82. The fourth-order valence-corrected chi connectivity index (χ4v) is 3.56. The number of thiophene rings is 1. The van der Waals surface area contributed by atoms with Crippen LogP contribution in [0.5, 0.6) is 0 Å². The molecule has 19 heavy (non-hydrogen) atoms.